The summed E-state index contributed by atoms with van der Waals surface area (Å²) in [6.07, 6.45) is 6.76. The maximum absolute atomic E-state index is 4.45. The van der Waals surface area contributed by atoms with Gasteiger partial charge in [0.25, 0.3) is 0 Å². The molecule has 1 rings (SSSR count). The third-order valence-electron chi connectivity index (χ3n) is 2.16. The minimum Gasteiger partial charge on any atom is -0.354 e. The Morgan fingerprint density at radius 3 is 2.88 bits per heavy atom. The maximum Gasteiger partial charge on any atom is 0.223 e. The molecule has 0 amide bonds. The fourth-order valence-electron chi connectivity index (χ4n) is 1.27. The molecular weight excluding hydrogens is 218 g/mol. The monoisotopic (exact) mass is 239 g/mol. The molecule has 0 fully saturated rings. The first kappa shape index (κ1) is 13.3. The summed E-state index contributed by atoms with van der Waals surface area (Å²) in [5, 5.41) is 4.27. The Balaban J connectivity index is 2.35. The molecule has 0 saturated heterocycles. The smallest absolute Gasteiger partial charge is 0.223 e. The lowest BCUT2D eigenvalue weighted by atomic mass is 10.3. The number of rotatable bonds is 8. The van der Waals surface area contributed by atoms with Gasteiger partial charge in [0.2, 0.25) is 5.95 Å². The SMILES string of the molecule is CCCCCSc1ccnc(NCCC)n1. The molecule has 16 heavy (non-hydrogen) atoms. The quantitative estimate of drug-likeness (QED) is 0.427. The van der Waals surface area contributed by atoms with Crippen LogP contribution < -0.4 is 5.32 Å². The number of anilines is 1. The van der Waals surface area contributed by atoms with E-state index < -0.39 is 0 Å². The predicted molar refractivity (Wildman–Crippen MR) is 71.1 cm³/mol. The Kier molecular flexibility index (Phi) is 6.97. The molecule has 0 aliphatic heterocycles. The van der Waals surface area contributed by atoms with E-state index in [-0.39, 0.29) is 0 Å². The van der Waals surface area contributed by atoms with Crippen LogP contribution >= 0.6 is 11.8 Å². The lowest BCUT2D eigenvalue weighted by Crippen LogP contribution is -2.04. The largest absolute Gasteiger partial charge is 0.354 e. The summed E-state index contributed by atoms with van der Waals surface area (Å²) >= 11 is 1.82. The molecular formula is C12H21N3S. The average Bonchev–Trinajstić information content (AvgIpc) is 2.33. The van der Waals surface area contributed by atoms with Crippen molar-refractivity contribution >= 4 is 17.7 Å². The zero-order valence-electron chi connectivity index (χ0n) is 10.2. The summed E-state index contributed by atoms with van der Waals surface area (Å²) in [5.74, 6) is 1.90. The Morgan fingerprint density at radius 1 is 1.25 bits per heavy atom. The van der Waals surface area contributed by atoms with Gasteiger partial charge in [-0.3, -0.25) is 0 Å². The van der Waals surface area contributed by atoms with Gasteiger partial charge in [0.05, 0.1) is 0 Å². The van der Waals surface area contributed by atoms with Crippen LogP contribution in [0.5, 0.6) is 0 Å². The zero-order valence-corrected chi connectivity index (χ0v) is 11.0. The normalized spacial score (nSPS) is 10.4. The number of unbranched alkanes of at least 4 members (excludes halogenated alkanes) is 2. The van der Waals surface area contributed by atoms with Crippen LogP contribution in [0.4, 0.5) is 5.95 Å². The lowest BCUT2D eigenvalue weighted by Gasteiger charge is -2.04. The number of hydrogen-bond donors (Lipinski definition) is 1. The van der Waals surface area contributed by atoms with E-state index in [1.54, 1.807) is 0 Å². The van der Waals surface area contributed by atoms with Gasteiger partial charge in [-0.05, 0) is 24.7 Å². The van der Waals surface area contributed by atoms with Crippen LogP contribution in [0.15, 0.2) is 17.3 Å². The highest BCUT2D eigenvalue weighted by molar-refractivity contribution is 7.99. The van der Waals surface area contributed by atoms with Crippen molar-refractivity contribution in [1.29, 1.82) is 0 Å². The molecule has 4 heteroatoms. The molecule has 0 aliphatic carbocycles. The lowest BCUT2D eigenvalue weighted by molar-refractivity contribution is 0.778. The number of thioether (sulfide) groups is 1. The summed E-state index contributed by atoms with van der Waals surface area (Å²) in [7, 11) is 0. The minimum absolute atomic E-state index is 0.752. The first-order chi connectivity index (χ1) is 7.86. The third kappa shape index (κ3) is 5.35. The highest BCUT2D eigenvalue weighted by atomic mass is 32.2. The van der Waals surface area contributed by atoms with Gasteiger partial charge in [0.15, 0.2) is 0 Å². The van der Waals surface area contributed by atoms with Crippen molar-refractivity contribution < 1.29 is 0 Å². The van der Waals surface area contributed by atoms with E-state index in [9.17, 15) is 0 Å². The van der Waals surface area contributed by atoms with Crippen LogP contribution in [-0.4, -0.2) is 22.3 Å². The Bertz CT molecular complexity index is 291. The van der Waals surface area contributed by atoms with Gasteiger partial charge >= 0.3 is 0 Å². The molecule has 3 nitrogen and oxygen atoms in total. The van der Waals surface area contributed by atoms with Crippen molar-refractivity contribution in [3.63, 3.8) is 0 Å². The highest BCUT2D eigenvalue weighted by Crippen LogP contribution is 2.17. The first-order valence-electron chi connectivity index (χ1n) is 6.06. The molecule has 1 aromatic heterocycles. The van der Waals surface area contributed by atoms with E-state index in [1.165, 1.54) is 19.3 Å². The van der Waals surface area contributed by atoms with Gasteiger partial charge in [0, 0.05) is 12.7 Å². The van der Waals surface area contributed by atoms with Gasteiger partial charge in [0.1, 0.15) is 5.03 Å². The molecule has 0 spiro atoms. The van der Waals surface area contributed by atoms with Crippen LogP contribution in [-0.2, 0) is 0 Å². The Labute approximate surface area is 102 Å². The molecule has 0 aliphatic rings. The second-order valence-electron chi connectivity index (χ2n) is 3.70. The molecule has 90 valence electrons. The molecule has 0 atom stereocenters. The van der Waals surface area contributed by atoms with E-state index in [0.717, 1.165) is 29.7 Å². The summed E-state index contributed by atoms with van der Waals surface area (Å²) in [4.78, 5) is 8.63. The molecule has 1 heterocycles. The van der Waals surface area contributed by atoms with Crippen LogP contribution in [0.1, 0.15) is 39.5 Å². The number of nitrogens with zero attached hydrogens (tertiary/aromatic N) is 2. The topological polar surface area (TPSA) is 37.8 Å². The van der Waals surface area contributed by atoms with Crippen molar-refractivity contribution in [3.8, 4) is 0 Å². The van der Waals surface area contributed by atoms with Gasteiger partial charge in [-0.1, -0.05) is 26.7 Å². The van der Waals surface area contributed by atoms with Gasteiger partial charge < -0.3 is 5.32 Å². The van der Waals surface area contributed by atoms with E-state index in [2.05, 4.69) is 29.1 Å². The fourth-order valence-corrected chi connectivity index (χ4v) is 2.14. The van der Waals surface area contributed by atoms with Crippen molar-refractivity contribution in [1.82, 2.24) is 9.97 Å². The predicted octanol–water partition coefficient (Wildman–Crippen LogP) is 3.58. The van der Waals surface area contributed by atoms with Crippen LogP contribution in [0, 0.1) is 0 Å². The molecule has 0 saturated carbocycles. The summed E-state index contributed by atoms with van der Waals surface area (Å²) in [6.45, 7) is 5.29. The summed E-state index contributed by atoms with van der Waals surface area (Å²) in [5.41, 5.74) is 0. The number of aromatic nitrogens is 2. The third-order valence-corrected chi connectivity index (χ3v) is 3.18. The molecule has 0 radical (unpaired) electrons. The van der Waals surface area contributed by atoms with Crippen molar-refractivity contribution in [3.05, 3.63) is 12.3 Å². The van der Waals surface area contributed by atoms with Crippen LogP contribution in [0.3, 0.4) is 0 Å². The summed E-state index contributed by atoms with van der Waals surface area (Å²) in [6, 6.07) is 1.98. The average molecular weight is 239 g/mol. The Morgan fingerprint density at radius 2 is 2.12 bits per heavy atom. The van der Waals surface area contributed by atoms with Crippen LogP contribution in [0.2, 0.25) is 0 Å². The van der Waals surface area contributed by atoms with Crippen molar-refractivity contribution in [2.24, 2.45) is 0 Å². The van der Waals surface area contributed by atoms with E-state index in [0.29, 0.717) is 0 Å². The molecule has 1 N–H and O–H groups in total. The number of hydrogen-bond acceptors (Lipinski definition) is 4. The van der Waals surface area contributed by atoms with Gasteiger partial charge in [-0.2, -0.15) is 0 Å². The summed E-state index contributed by atoms with van der Waals surface area (Å²) < 4.78 is 0. The highest BCUT2D eigenvalue weighted by Gasteiger charge is 1.98. The van der Waals surface area contributed by atoms with Gasteiger partial charge in [-0.15, -0.1) is 11.8 Å². The van der Waals surface area contributed by atoms with E-state index >= 15 is 0 Å². The molecule has 0 aromatic carbocycles. The first-order valence-corrected chi connectivity index (χ1v) is 7.05. The maximum atomic E-state index is 4.45. The second-order valence-corrected chi connectivity index (χ2v) is 4.82. The zero-order chi connectivity index (χ0) is 11.6. The van der Waals surface area contributed by atoms with Crippen molar-refractivity contribution in [2.45, 2.75) is 44.6 Å². The fraction of sp³-hybridized carbons (Fsp3) is 0.667. The number of nitrogens with one attached hydrogen (secondary N) is 1. The standard InChI is InChI=1S/C12H21N3S/c1-3-5-6-10-16-11-7-9-14-12(15-11)13-8-4-2/h7,9H,3-6,8,10H2,1-2H3,(H,13,14,15). The minimum atomic E-state index is 0.752. The van der Waals surface area contributed by atoms with E-state index in [4.69, 9.17) is 0 Å². The molecule has 0 unspecified atom stereocenters. The second kappa shape index (κ2) is 8.39. The van der Waals surface area contributed by atoms with E-state index in [1.807, 2.05) is 24.0 Å². The molecule has 1 aromatic rings. The van der Waals surface area contributed by atoms with Crippen molar-refractivity contribution in [2.75, 3.05) is 17.6 Å². The van der Waals surface area contributed by atoms with Crippen LogP contribution in [0.25, 0.3) is 0 Å². The Hall–Kier alpha value is -0.770. The molecule has 0 bridgehead atoms. The van der Waals surface area contributed by atoms with Gasteiger partial charge in [-0.25, -0.2) is 9.97 Å².